The molecule has 0 radical (unpaired) electrons. The van der Waals surface area contributed by atoms with Gasteiger partial charge >= 0.3 is 0 Å². The number of aliphatic hydroxyl groups excluding tert-OH is 1. The van der Waals surface area contributed by atoms with Crippen molar-refractivity contribution in [1.29, 1.82) is 0 Å². The molecular weight excluding hydrogens is 260 g/mol. The van der Waals surface area contributed by atoms with Crippen LogP contribution in [0.15, 0.2) is 18.2 Å². The van der Waals surface area contributed by atoms with Crippen LogP contribution < -0.4 is 0 Å². The fourth-order valence-electron chi connectivity index (χ4n) is 2.33. The van der Waals surface area contributed by atoms with Gasteiger partial charge in [-0.05, 0) is 31.9 Å². The molecule has 1 unspecified atom stereocenters. The molecule has 1 heterocycles. The van der Waals surface area contributed by atoms with E-state index in [1.807, 2.05) is 46.0 Å². The molecule has 3 nitrogen and oxygen atoms in total. The SMILES string of the molecule is Cc1ccc(C)c(C(O)Cc2c(C)nn(C)c2Cl)c1. The van der Waals surface area contributed by atoms with E-state index in [2.05, 4.69) is 5.10 Å². The molecule has 4 heteroatoms. The molecular formula is C15H19ClN2O. The van der Waals surface area contributed by atoms with Crippen LogP contribution in [0.1, 0.15) is 34.1 Å². The third-order valence-electron chi connectivity index (χ3n) is 3.46. The predicted molar refractivity (Wildman–Crippen MR) is 77.5 cm³/mol. The molecule has 1 atom stereocenters. The minimum absolute atomic E-state index is 0.489. The first kappa shape index (κ1) is 14.1. The number of hydrogen-bond acceptors (Lipinski definition) is 2. The lowest BCUT2D eigenvalue weighted by molar-refractivity contribution is 0.177. The quantitative estimate of drug-likeness (QED) is 0.936. The minimum Gasteiger partial charge on any atom is -0.388 e. The third-order valence-corrected chi connectivity index (χ3v) is 3.93. The molecule has 0 fully saturated rings. The Hall–Kier alpha value is -1.32. The van der Waals surface area contributed by atoms with Gasteiger partial charge in [0.05, 0.1) is 11.8 Å². The van der Waals surface area contributed by atoms with Crippen molar-refractivity contribution in [3.05, 3.63) is 51.3 Å². The molecule has 102 valence electrons. The van der Waals surface area contributed by atoms with Gasteiger partial charge in [0.1, 0.15) is 5.15 Å². The van der Waals surface area contributed by atoms with E-state index >= 15 is 0 Å². The Labute approximate surface area is 118 Å². The Kier molecular flexibility index (Phi) is 3.97. The lowest BCUT2D eigenvalue weighted by Gasteiger charge is -2.14. The van der Waals surface area contributed by atoms with E-state index in [1.54, 1.807) is 4.68 Å². The topological polar surface area (TPSA) is 38.1 Å². The Balaban J connectivity index is 2.30. The molecule has 1 aromatic carbocycles. The monoisotopic (exact) mass is 278 g/mol. The van der Waals surface area contributed by atoms with E-state index in [0.29, 0.717) is 11.6 Å². The number of hydrogen-bond donors (Lipinski definition) is 1. The zero-order chi connectivity index (χ0) is 14.2. The zero-order valence-electron chi connectivity index (χ0n) is 11.7. The summed E-state index contributed by atoms with van der Waals surface area (Å²) in [4.78, 5) is 0. The number of rotatable bonds is 3. The number of aliphatic hydroxyl groups is 1. The normalized spacial score (nSPS) is 12.7. The Morgan fingerprint density at radius 1 is 1.32 bits per heavy atom. The maximum atomic E-state index is 10.4. The van der Waals surface area contributed by atoms with E-state index in [1.165, 1.54) is 0 Å². The summed E-state index contributed by atoms with van der Waals surface area (Å²) in [5.74, 6) is 0. The zero-order valence-corrected chi connectivity index (χ0v) is 12.5. The smallest absolute Gasteiger partial charge is 0.130 e. The molecule has 19 heavy (non-hydrogen) atoms. The summed E-state index contributed by atoms with van der Waals surface area (Å²) in [7, 11) is 1.81. The number of benzene rings is 1. The molecule has 0 aliphatic carbocycles. The van der Waals surface area contributed by atoms with Crippen molar-refractivity contribution in [2.75, 3.05) is 0 Å². The number of halogens is 1. The van der Waals surface area contributed by atoms with Gasteiger partial charge in [-0.3, -0.25) is 4.68 Å². The molecule has 2 rings (SSSR count). The van der Waals surface area contributed by atoms with E-state index in [9.17, 15) is 5.11 Å². The Morgan fingerprint density at radius 2 is 2.00 bits per heavy atom. The second kappa shape index (κ2) is 5.35. The van der Waals surface area contributed by atoms with Crippen LogP contribution in [0.2, 0.25) is 5.15 Å². The minimum atomic E-state index is -0.555. The van der Waals surface area contributed by atoms with Crippen LogP contribution in [0, 0.1) is 20.8 Å². The van der Waals surface area contributed by atoms with Crippen LogP contribution in [-0.2, 0) is 13.5 Å². The first-order valence-electron chi connectivity index (χ1n) is 6.33. The van der Waals surface area contributed by atoms with Gasteiger partial charge in [0, 0.05) is 19.0 Å². The first-order chi connectivity index (χ1) is 8.90. The van der Waals surface area contributed by atoms with Gasteiger partial charge in [0.2, 0.25) is 0 Å². The maximum Gasteiger partial charge on any atom is 0.130 e. The van der Waals surface area contributed by atoms with Gasteiger partial charge in [-0.2, -0.15) is 5.10 Å². The highest BCUT2D eigenvalue weighted by Gasteiger charge is 2.18. The van der Waals surface area contributed by atoms with Gasteiger partial charge < -0.3 is 5.11 Å². The average molecular weight is 279 g/mol. The number of aryl methyl sites for hydroxylation is 4. The summed E-state index contributed by atoms with van der Waals surface area (Å²) in [6.45, 7) is 5.95. The van der Waals surface area contributed by atoms with Gasteiger partial charge in [-0.25, -0.2) is 0 Å². The predicted octanol–water partition coefficient (Wildman–Crippen LogP) is 3.27. The molecule has 0 amide bonds. The lowest BCUT2D eigenvalue weighted by Crippen LogP contribution is -2.05. The van der Waals surface area contributed by atoms with Crippen molar-refractivity contribution in [2.45, 2.75) is 33.3 Å². The molecule has 0 saturated carbocycles. The van der Waals surface area contributed by atoms with Crippen molar-refractivity contribution < 1.29 is 5.11 Å². The molecule has 0 aliphatic heterocycles. The van der Waals surface area contributed by atoms with E-state index in [-0.39, 0.29) is 0 Å². The molecule has 0 saturated heterocycles. The third kappa shape index (κ3) is 2.82. The summed E-state index contributed by atoms with van der Waals surface area (Å²) in [6.07, 6.45) is -0.0664. The molecule has 1 aromatic heterocycles. The molecule has 2 aromatic rings. The van der Waals surface area contributed by atoms with Gasteiger partial charge in [0.15, 0.2) is 0 Å². The summed E-state index contributed by atoms with van der Waals surface area (Å²) in [5.41, 5.74) is 4.98. The van der Waals surface area contributed by atoms with Crippen molar-refractivity contribution in [2.24, 2.45) is 7.05 Å². The Bertz CT molecular complexity index is 604. The van der Waals surface area contributed by atoms with Crippen LogP contribution in [0.3, 0.4) is 0 Å². The highest BCUT2D eigenvalue weighted by atomic mass is 35.5. The van der Waals surface area contributed by atoms with E-state index < -0.39 is 6.10 Å². The molecule has 0 bridgehead atoms. The summed E-state index contributed by atoms with van der Waals surface area (Å²) >= 11 is 6.21. The maximum absolute atomic E-state index is 10.4. The van der Waals surface area contributed by atoms with Crippen molar-refractivity contribution in [1.82, 2.24) is 9.78 Å². The molecule has 1 N–H and O–H groups in total. The average Bonchev–Trinajstić information content (AvgIpc) is 2.59. The van der Waals surface area contributed by atoms with Crippen LogP contribution in [0.25, 0.3) is 0 Å². The van der Waals surface area contributed by atoms with Gasteiger partial charge in [-0.15, -0.1) is 0 Å². The van der Waals surface area contributed by atoms with E-state index in [0.717, 1.165) is 27.9 Å². The molecule has 0 aliphatic rings. The van der Waals surface area contributed by atoms with E-state index in [4.69, 9.17) is 11.6 Å². The van der Waals surface area contributed by atoms with Gasteiger partial charge in [0.25, 0.3) is 0 Å². The second-order valence-corrected chi connectivity index (χ2v) is 5.42. The van der Waals surface area contributed by atoms with Gasteiger partial charge in [-0.1, -0.05) is 35.4 Å². The highest BCUT2D eigenvalue weighted by Crippen LogP contribution is 2.27. The van der Waals surface area contributed by atoms with Crippen molar-refractivity contribution in [3.63, 3.8) is 0 Å². The van der Waals surface area contributed by atoms with Crippen LogP contribution in [0.5, 0.6) is 0 Å². The fraction of sp³-hybridized carbons (Fsp3) is 0.400. The first-order valence-corrected chi connectivity index (χ1v) is 6.71. The highest BCUT2D eigenvalue weighted by molar-refractivity contribution is 6.30. The largest absolute Gasteiger partial charge is 0.388 e. The van der Waals surface area contributed by atoms with Crippen LogP contribution in [0.4, 0.5) is 0 Å². The van der Waals surface area contributed by atoms with Crippen molar-refractivity contribution >= 4 is 11.6 Å². The summed E-state index contributed by atoms with van der Waals surface area (Å²) in [6, 6.07) is 6.11. The summed E-state index contributed by atoms with van der Waals surface area (Å²) < 4.78 is 1.64. The fourth-order valence-corrected chi connectivity index (χ4v) is 2.58. The number of aromatic nitrogens is 2. The summed E-state index contributed by atoms with van der Waals surface area (Å²) in [5, 5.41) is 15.3. The second-order valence-electron chi connectivity index (χ2n) is 5.06. The standard InChI is InChI=1S/C15H19ClN2O/c1-9-5-6-10(2)12(7-9)14(19)8-13-11(3)17-18(4)15(13)16/h5-7,14,19H,8H2,1-4H3. The van der Waals surface area contributed by atoms with Crippen LogP contribution >= 0.6 is 11.6 Å². The number of nitrogens with zero attached hydrogens (tertiary/aromatic N) is 2. The molecule has 0 spiro atoms. The lowest BCUT2D eigenvalue weighted by atomic mass is 9.96. The van der Waals surface area contributed by atoms with Crippen molar-refractivity contribution in [3.8, 4) is 0 Å². The van der Waals surface area contributed by atoms with Crippen LogP contribution in [-0.4, -0.2) is 14.9 Å². The Morgan fingerprint density at radius 3 is 2.58 bits per heavy atom.